The fraction of sp³-hybridized carbons (Fsp3) is 0.857. The summed E-state index contributed by atoms with van der Waals surface area (Å²) in [6.45, 7) is 1.89. The van der Waals surface area contributed by atoms with E-state index in [4.69, 9.17) is 10.2 Å². The van der Waals surface area contributed by atoms with Gasteiger partial charge < -0.3 is 15.5 Å². The number of hydrogen-bond acceptors (Lipinski definition) is 3. The highest BCUT2D eigenvalue weighted by atomic mass is 16.3. The van der Waals surface area contributed by atoms with Crippen molar-refractivity contribution < 1.29 is 15.0 Å². The molecule has 0 heterocycles. The molecule has 11 heavy (non-hydrogen) atoms. The first-order valence-electron chi connectivity index (χ1n) is 3.66. The molecular weight excluding hydrogens is 146 g/mol. The van der Waals surface area contributed by atoms with Gasteiger partial charge in [0.2, 0.25) is 5.91 Å². The van der Waals surface area contributed by atoms with Crippen LogP contribution in [0.15, 0.2) is 0 Å². The van der Waals surface area contributed by atoms with Gasteiger partial charge in [0.15, 0.2) is 0 Å². The van der Waals surface area contributed by atoms with Gasteiger partial charge in [-0.3, -0.25) is 4.79 Å². The summed E-state index contributed by atoms with van der Waals surface area (Å²) in [5.74, 6) is -0.193. The van der Waals surface area contributed by atoms with Crippen molar-refractivity contribution in [2.24, 2.45) is 5.92 Å². The molecule has 0 aliphatic rings. The van der Waals surface area contributed by atoms with Crippen LogP contribution < -0.4 is 5.32 Å². The predicted molar refractivity (Wildman–Crippen MR) is 41.0 cm³/mol. The number of amides is 1. The minimum absolute atomic E-state index is 0.0317. The van der Waals surface area contributed by atoms with E-state index in [0.717, 1.165) is 0 Å². The summed E-state index contributed by atoms with van der Waals surface area (Å²) in [6.07, 6.45) is 0.618. The van der Waals surface area contributed by atoms with Crippen molar-refractivity contribution >= 4 is 5.91 Å². The summed E-state index contributed by atoms with van der Waals surface area (Å²) in [7, 11) is 0. The molecule has 0 atom stereocenters. The van der Waals surface area contributed by atoms with Crippen LogP contribution in [0.3, 0.4) is 0 Å². The molecule has 0 saturated heterocycles. The zero-order valence-electron chi connectivity index (χ0n) is 6.71. The van der Waals surface area contributed by atoms with Crippen molar-refractivity contribution in [3.63, 3.8) is 0 Å². The summed E-state index contributed by atoms with van der Waals surface area (Å²) in [5.41, 5.74) is 0. The lowest BCUT2D eigenvalue weighted by Crippen LogP contribution is -2.25. The fourth-order valence-electron chi connectivity index (χ4n) is 0.693. The highest BCUT2D eigenvalue weighted by Crippen LogP contribution is 1.97. The molecule has 3 N–H and O–H groups in total. The lowest BCUT2D eigenvalue weighted by Gasteiger charge is -2.09. The minimum Gasteiger partial charge on any atom is -0.396 e. The summed E-state index contributed by atoms with van der Waals surface area (Å²) in [4.78, 5) is 10.4. The Morgan fingerprint density at radius 3 is 2.36 bits per heavy atom. The zero-order valence-corrected chi connectivity index (χ0v) is 6.71. The number of nitrogens with one attached hydrogen (secondary N) is 1. The van der Waals surface area contributed by atoms with Gasteiger partial charge in [0.25, 0.3) is 0 Å². The van der Waals surface area contributed by atoms with E-state index in [1.165, 1.54) is 6.92 Å². The molecule has 0 spiro atoms. The molecule has 0 saturated carbocycles. The van der Waals surface area contributed by atoms with Crippen molar-refractivity contribution in [1.29, 1.82) is 0 Å². The standard InChI is InChI=1S/C7H15NO3/c1-6(11)8-3-2-7(4-9)5-10/h7,9-10H,2-5H2,1H3,(H,8,11). The first-order chi connectivity index (χ1) is 5.20. The molecule has 0 aromatic carbocycles. The molecule has 0 aromatic heterocycles. The van der Waals surface area contributed by atoms with Crippen LogP contribution in [0.1, 0.15) is 13.3 Å². The molecular formula is C7H15NO3. The Bertz CT molecular complexity index is 112. The first-order valence-corrected chi connectivity index (χ1v) is 3.66. The zero-order chi connectivity index (χ0) is 8.69. The Hall–Kier alpha value is -0.610. The van der Waals surface area contributed by atoms with Crippen LogP contribution >= 0.6 is 0 Å². The summed E-state index contributed by atoms with van der Waals surface area (Å²) in [5, 5.41) is 19.8. The van der Waals surface area contributed by atoms with Crippen LogP contribution in [-0.4, -0.2) is 35.9 Å². The maximum atomic E-state index is 10.4. The highest BCUT2D eigenvalue weighted by Gasteiger charge is 2.04. The largest absolute Gasteiger partial charge is 0.396 e. The lowest BCUT2D eigenvalue weighted by atomic mass is 10.1. The highest BCUT2D eigenvalue weighted by molar-refractivity contribution is 5.72. The van der Waals surface area contributed by atoms with Crippen LogP contribution in [0, 0.1) is 5.92 Å². The number of carbonyl (C=O) groups is 1. The average Bonchev–Trinajstić information content (AvgIpc) is 1.98. The molecule has 66 valence electrons. The quantitative estimate of drug-likeness (QED) is 0.490. The van der Waals surface area contributed by atoms with E-state index in [1.807, 2.05) is 0 Å². The van der Waals surface area contributed by atoms with E-state index in [2.05, 4.69) is 5.32 Å². The Kier molecular flexibility index (Phi) is 5.78. The fourth-order valence-corrected chi connectivity index (χ4v) is 0.693. The van der Waals surface area contributed by atoms with Gasteiger partial charge in [-0.15, -0.1) is 0 Å². The molecule has 0 aliphatic carbocycles. The molecule has 0 aliphatic heterocycles. The third-order valence-electron chi connectivity index (χ3n) is 1.44. The van der Waals surface area contributed by atoms with Crippen LogP contribution in [-0.2, 0) is 4.79 Å². The third-order valence-corrected chi connectivity index (χ3v) is 1.44. The van der Waals surface area contributed by atoms with E-state index in [-0.39, 0.29) is 25.0 Å². The second kappa shape index (κ2) is 6.12. The average molecular weight is 161 g/mol. The molecule has 0 bridgehead atoms. The Morgan fingerprint density at radius 2 is 2.00 bits per heavy atom. The number of rotatable bonds is 5. The van der Waals surface area contributed by atoms with Crippen molar-refractivity contribution in [2.75, 3.05) is 19.8 Å². The topological polar surface area (TPSA) is 69.6 Å². The monoisotopic (exact) mass is 161 g/mol. The van der Waals surface area contributed by atoms with Gasteiger partial charge in [0.1, 0.15) is 0 Å². The van der Waals surface area contributed by atoms with Gasteiger partial charge >= 0.3 is 0 Å². The normalized spacial score (nSPS) is 10.2. The van der Waals surface area contributed by atoms with Crippen LogP contribution in [0.5, 0.6) is 0 Å². The molecule has 0 radical (unpaired) electrons. The maximum absolute atomic E-state index is 10.4. The van der Waals surface area contributed by atoms with Gasteiger partial charge in [0.05, 0.1) is 0 Å². The van der Waals surface area contributed by atoms with Crippen LogP contribution in [0.2, 0.25) is 0 Å². The molecule has 4 heteroatoms. The van der Waals surface area contributed by atoms with Gasteiger partial charge in [-0.25, -0.2) is 0 Å². The lowest BCUT2D eigenvalue weighted by molar-refractivity contribution is -0.119. The number of aliphatic hydroxyl groups is 2. The Labute approximate surface area is 66.2 Å². The van der Waals surface area contributed by atoms with Crippen LogP contribution in [0.4, 0.5) is 0 Å². The second-order valence-corrected chi connectivity index (χ2v) is 2.50. The van der Waals surface area contributed by atoms with Crippen LogP contribution in [0.25, 0.3) is 0 Å². The van der Waals surface area contributed by atoms with E-state index in [0.29, 0.717) is 13.0 Å². The molecule has 4 nitrogen and oxygen atoms in total. The van der Waals surface area contributed by atoms with Crippen molar-refractivity contribution in [1.82, 2.24) is 5.32 Å². The first kappa shape index (κ1) is 10.4. The minimum atomic E-state index is -0.109. The van der Waals surface area contributed by atoms with E-state index in [9.17, 15) is 4.79 Å². The third kappa shape index (κ3) is 5.82. The molecule has 1 amide bonds. The van der Waals surface area contributed by atoms with E-state index >= 15 is 0 Å². The molecule has 0 aromatic rings. The number of aliphatic hydroxyl groups excluding tert-OH is 2. The number of carbonyl (C=O) groups excluding carboxylic acids is 1. The van der Waals surface area contributed by atoms with Gasteiger partial charge in [-0.2, -0.15) is 0 Å². The van der Waals surface area contributed by atoms with Crippen molar-refractivity contribution in [3.05, 3.63) is 0 Å². The van der Waals surface area contributed by atoms with Crippen molar-refractivity contribution in [3.8, 4) is 0 Å². The van der Waals surface area contributed by atoms with Gasteiger partial charge in [-0.05, 0) is 6.42 Å². The van der Waals surface area contributed by atoms with E-state index < -0.39 is 0 Å². The van der Waals surface area contributed by atoms with E-state index in [1.54, 1.807) is 0 Å². The summed E-state index contributed by atoms with van der Waals surface area (Å²) >= 11 is 0. The Morgan fingerprint density at radius 1 is 1.45 bits per heavy atom. The molecule has 0 rings (SSSR count). The predicted octanol–water partition coefficient (Wildman–Crippen LogP) is -0.887. The maximum Gasteiger partial charge on any atom is 0.216 e. The SMILES string of the molecule is CC(=O)NCCC(CO)CO. The Balaban J connectivity index is 3.28. The summed E-state index contributed by atoms with van der Waals surface area (Å²) < 4.78 is 0. The smallest absolute Gasteiger partial charge is 0.216 e. The number of hydrogen-bond donors (Lipinski definition) is 3. The molecule has 0 unspecified atom stereocenters. The second-order valence-electron chi connectivity index (χ2n) is 2.50. The molecule has 0 fully saturated rings. The van der Waals surface area contributed by atoms with Gasteiger partial charge in [-0.1, -0.05) is 0 Å². The van der Waals surface area contributed by atoms with Gasteiger partial charge in [0, 0.05) is 32.6 Å². The van der Waals surface area contributed by atoms with Crippen molar-refractivity contribution in [2.45, 2.75) is 13.3 Å². The summed E-state index contributed by atoms with van der Waals surface area (Å²) in [6, 6.07) is 0.